The maximum Gasteiger partial charge on any atom is 0.406 e. The van der Waals surface area contributed by atoms with Crippen LogP contribution in [0.4, 0.5) is 20.6 Å². The number of halogens is 1. The number of hydrogen-bond donors (Lipinski definition) is 2. The molecule has 0 aliphatic carbocycles. The maximum absolute atomic E-state index is 14.9. The lowest BCUT2D eigenvalue weighted by Gasteiger charge is -2.40. The van der Waals surface area contributed by atoms with Crippen molar-refractivity contribution in [3.63, 3.8) is 0 Å². The van der Waals surface area contributed by atoms with Crippen molar-refractivity contribution in [3.8, 4) is 0 Å². The molecule has 188 valence electrons. The number of nitrogens with zero attached hydrogens (tertiary/aromatic N) is 1. The molecule has 3 N–H and O–H groups in total. The first-order chi connectivity index (χ1) is 15.9. The van der Waals surface area contributed by atoms with Gasteiger partial charge in [-0.2, -0.15) is 0 Å². The zero-order valence-electron chi connectivity index (χ0n) is 21.6. The molecule has 8 heteroatoms. The summed E-state index contributed by atoms with van der Waals surface area (Å²) in [6, 6.07) is 12.9. The van der Waals surface area contributed by atoms with E-state index in [4.69, 9.17) is 14.9 Å². The quantitative estimate of drug-likeness (QED) is 0.235. The van der Waals surface area contributed by atoms with Crippen molar-refractivity contribution in [2.75, 3.05) is 31.3 Å². The molecule has 0 aliphatic heterocycles. The van der Waals surface area contributed by atoms with Crippen LogP contribution in [-0.2, 0) is 15.7 Å². The molecule has 2 aromatic carbocycles. The van der Waals surface area contributed by atoms with Crippen LogP contribution in [0.1, 0.15) is 50.8 Å². The SMILES string of the molecule is CNC(=O)OCCCC(O[Si](C)(C)C(C)(C)C)c1cc(F)cc(N(C)Cc2ccccc2)c1N. The maximum atomic E-state index is 14.9. The van der Waals surface area contributed by atoms with E-state index >= 15 is 0 Å². The van der Waals surface area contributed by atoms with Crippen molar-refractivity contribution in [3.05, 3.63) is 59.4 Å². The Bertz CT molecular complexity index is 948. The Morgan fingerprint density at radius 1 is 1.21 bits per heavy atom. The molecule has 0 fully saturated rings. The molecule has 0 radical (unpaired) electrons. The monoisotopic (exact) mass is 489 g/mol. The van der Waals surface area contributed by atoms with Crippen LogP contribution >= 0.6 is 0 Å². The number of nitrogens with one attached hydrogen (secondary N) is 1. The number of alkyl carbamates (subject to hydrolysis) is 1. The Labute approximate surface area is 204 Å². The molecular weight excluding hydrogens is 449 g/mol. The number of carbonyl (C=O) groups is 1. The van der Waals surface area contributed by atoms with Gasteiger partial charge in [0.1, 0.15) is 5.82 Å². The second kappa shape index (κ2) is 11.7. The van der Waals surface area contributed by atoms with Gasteiger partial charge in [0.2, 0.25) is 0 Å². The van der Waals surface area contributed by atoms with Crippen LogP contribution in [0.25, 0.3) is 0 Å². The number of benzene rings is 2. The Morgan fingerprint density at radius 3 is 2.44 bits per heavy atom. The van der Waals surface area contributed by atoms with E-state index in [0.717, 1.165) is 5.56 Å². The average molecular weight is 490 g/mol. The van der Waals surface area contributed by atoms with Gasteiger partial charge in [-0.1, -0.05) is 51.1 Å². The smallest absolute Gasteiger partial charge is 0.406 e. The second-order valence-electron chi connectivity index (χ2n) is 10.2. The highest BCUT2D eigenvalue weighted by Gasteiger charge is 2.40. The zero-order chi connectivity index (χ0) is 25.5. The highest BCUT2D eigenvalue weighted by Crippen LogP contribution is 2.43. The highest BCUT2D eigenvalue weighted by atomic mass is 28.4. The van der Waals surface area contributed by atoms with Crippen molar-refractivity contribution in [1.82, 2.24) is 5.32 Å². The van der Waals surface area contributed by atoms with Crippen LogP contribution in [0, 0.1) is 5.82 Å². The second-order valence-corrected chi connectivity index (χ2v) is 14.9. The highest BCUT2D eigenvalue weighted by molar-refractivity contribution is 6.74. The molecule has 0 saturated heterocycles. The van der Waals surface area contributed by atoms with E-state index in [1.165, 1.54) is 19.2 Å². The summed E-state index contributed by atoms with van der Waals surface area (Å²) in [5.41, 5.74) is 9.53. The Hall–Kier alpha value is -2.58. The molecule has 0 aromatic heterocycles. The normalized spacial score (nSPS) is 12.8. The molecule has 0 bridgehead atoms. The molecule has 1 unspecified atom stereocenters. The van der Waals surface area contributed by atoms with Crippen molar-refractivity contribution < 1.29 is 18.3 Å². The van der Waals surface area contributed by atoms with Gasteiger partial charge in [-0.15, -0.1) is 0 Å². The van der Waals surface area contributed by atoms with Crippen LogP contribution in [0.15, 0.2) is 42.5 Å². The largest absolute Gasteiger partial charge is 0.450 e. The standard InChI is InChI=1S/C26H40FN3O3Si/c1-26(2,3)34(6,7)33-23(14-11-15-32-25(31)29-4)21-16-20(27)17-22(24(21)28)30(5)18-19-12-9-8-10-13-19/h8-10,12-13,16-17,23H,11,14-15,18,28H2,1-7H3,(H,29,31). The Morgan fingerprint density at radius 2 is 1.85 bits per heavy atom. The third-order valence-electron chi connectivity index (χ3n) is 6.47. The van der Waals surface area contributed by atoms with Crippen molar-refractivity contribution in [2.45, 2.75) is 64.4 Å². The van der Waals surface area contributed by atoms with E-state index in [1.54, 1.807) is 0 Å². The summed E-state index contributed by atoms with van der Waals surface area (Å²) in [6.07, 6.45) is 0.238. The van der Waals surface area contributed by atoms with Crippen LogP contribution in [-0.4, -0.2) is 35.1 Å². The van der Waals surface area contributed by atoms with Crippen LogP contribution in [0.3, 0.4) is 0 Å². The van der Waals surface area contributed by atoms with Crippen LogP contribution in [0.2, 0.25) is 18.1 Å². The molecule has 2 rings (SSSR count). The number of carbonyl (C=O) groups excluding carboxylic acids is 1. The Balaban J connectivity index is 2.36. The molecule has 1 atom stereocenters. The molecule has 0 aliphatic rings. The molecule has 0 spiro atoms. The zero-order valence-corrected chi connectivity index (χ0v) is 22.6. The van der Waals surface area contributed by atoms with Crippen molar-refractivity contribution >= 4 is 25.8 Å². The topological polar surface area (TPSA) is 76.8 Å². The average Bonchev–Trinajstić information content (AvgIpc) is 2.76. The number of rotatable bonds is 10. The summed E-state index contributed by atoms with van der Waals surface area (Å²) in [5.74, 6) is -0.357. The molecule has 34 heavy (non-hydrogen) atoms. The first-order valence-corrected chi connectivity index (χ1v) is 14.6. The minimum atomic E-state index is -2.20. The van der Waals surface area contributed by atoms with E-state index in [2.05, 4.69) is 39.2 Å². The number of anilines is 2. The van der Waals surface area contributed by atoms with Crippen LogP contribution < -0.4 is 16.0 Å². The minimum Gasteiger partial charge on any atom is -0.450 e. The van der Waals surface area contributed by atoms with Gasteiger partial charge in [0, 0.05) is 26.2 Å². The summed E-state index contributed by atoms with van der Waals surface area (Å²) >= 11 is 0. The minimum absolute atomic E-state index is 0.0289. The first kappa shape index (κ1) is 27.7. The Kier molecular flexibility index (Phi) is 9.52. The van der Waals surface area contributed by atoms with Crippen molar-refractivity contribution in [2.24, 2.45) is 0 Å². The van der Waals surface area contributed by atoms with Gasteiger partial charge in [0.15, 0.2) is 8.32 Å². The van der Waals surface area contributed by atoms with Crippen molar-refractivity contribution in [1.29, 1.82) is 0 Å². The van der Waals surface area contributed by atoms with E-state index in [0.29, 0.717) is 36.3 Å². The number of amides is 1. The third-order valence-corrected chi connectivity index (χ3v) is 11.0. The fourth-order valence-electron chi connectivity index (χ4n) is 3.46. The lowest BCUT2D eigenvalue weighted by Crippen LogP contribution is -2.42. The van der Waals surface area contributed by atoms with Crippen LogP contribution in [0.5, 0.6) is 0 Å². The molecular formula is C26H40FN3O3Si. The van der Waals surface area contributed by atoms with Gasteiger partial charge in [-0.3, -0.25) is 0 Å². The molecule has 2 aromatic rings. The van der Waals surface area contributed by atoms with E-state index < -0.39 is 20.5 Å². The van der Waals surface area contributed by atoms with Gasteiger partial charge in [-0.05, 0) is 48.7 Å². The summed E-state index contributed by atoms with van der Waals surface area (Å²) in [6.45, 7) is 11.7. The summed E-state index contributed by atoms with van der Waals surface area (Å²) in [5, 5.41) is 2.41. The summed E-state index contributed by atoms with van der Waals surface area (Å²) in [7, 11) is 1.23. The molecule has 0 saturated carbocycles. The van der Waals surface area contributed by atoms with Gasteiger partial charge in [-0.25, -0.2) is 9.18 Å². The number of hydrogen-bond acceptors (Lipinski definition) is 5. The molecule has 6 nitrogen and oxygen atoms in total. The number of ether oxygens (including phenoxy) is 1. The summed E-state index contributed by atoms with van der Waals surface area (Å²) < 4.78 is 26.7. The predicted molar refractivity (Wildman–Crippen MR) is 140 cm³/mol. The van der Waals surface area contributed by atoms with Gasteiger partial charge in [0.05, 0.1) is 24.1 Å². The molecule has 0 heterocycles. The van der Waals surface area contributed by atoms with Gasteiger partial charge in [0.25, 0.3) is 0 Å². The third kappa shape index (κ3) is 7.46. The fraction of sp³-hybridized carbons (Fsp3) is 0.500. The van der Waals surface area contributed by atoms with E-state index in [-0.39, 0.29) is 17.5 Å². The van der Waals surface area contributed by atoms with Gasteiger partial charge < -0.3 is 25.1 Å². The lowest BCUT2D eigenvalue weighted by molar-refractivity contribution is 0.129. The summed E-state index contributed by atoms with van der Waals surface area (Å²) in [4.78, 5) is 13.4. The fourth-order valence-corrected chi connectivity index (χ4v) is 4.77. The first-order valence-electron chi connectivity index (χ1n) is 11.7. The number of nitrogen functional groups attached to an aromatic ring is 1. The van der Waals surface area contributed by atoms with E-state index in [1.807, 2.05) is 42.3 Å². The lowest BCUT2D eigenvalue weighted by atomic mass is 10.0. The van der Waals surface area contributed by atoms with Gasteiger partial charge >= 0.3 is 6.09 Å². The number of nitrogens with two attached hydrogens (primary N) is 1. The molecule has 1 amide bonds. The van der Waals surface area contributed by atoms with E-state index in [9.17, 15) is 9.18 Å². The predicted octanol–water partition coefficient (Wildman–Crippen LogP) is 6.24.